The van der Waals surface area contributed by atoms with E-state index in [2.05, 4.69) is 21.2 Å². The lowest BCUT2D eigenvalue weighted by atomic mass is 10.0. The maximum absolute atomic E-state index is 13.8. The number of benzene rings is 3. The fourth-order valence-electron chi connectivity index (χ4n) is 3.87. The summed E-state index contributed by atoms with van der Waals surface area (Å²) in [5, 5.41) is 2.66. The van der Waals surface area contributed by atoms with Crippen molar-refractivity contribution in [2.75, 3.05) is 31.3 Å². The Balaban J connectivity index is 2.00. The van der Waals surface area contributed by atoms with Crippen molar-refractivity contribution in [1.82, 2.24) is 10.2 Å². The number of amides is 2. The number of ether oxygens (including phenoxy) is 1. The first-order valence-electron chi connectivity index (χ1n) is 11.5. The van der Waals surface area contributed by atoms with Gasteiger partial charge in [0.25, 0.3) is 0 Å². The Morgan fingerprint density at radius 3 is 2.11 bits per heavy atom. The van der Waals surface area contributed by atoms with Crippen molar-refractivity contribution in [3.63, 3.8) is 0 Å². The highest BCUT2D eigenvalue weighted by molar-refractivity contribution is 9.10. The molecule has 3 aromatic carbocycles. The zero-order chi connectivity index (χ0) is 27.0. The van der Waals surface area contributed by atoms with E-state index in [0.29, 0.717) is 11.4 Å². The Labute approximate surface area is 226 Å². The smallest absolute Gasteiger partial charge is 0.244 e. The minimum Gasteiger partial charge on any atom is -0.497 e. The molecule has 0 saturated heterocycles. The van der Waals surface area contributed by atoms with Gasteiger partial charge in [-0.1, -0.05) is 58.4 Å². The van der Waals surface area contributed by atoms with Crippen LogP contribution in [-0.2, 0) is 32.6 Å². The molecule has 3 aromatic rings. The highest BCUT2D eigenvalue weighted by Crippen LogP contribution is 2.23. The van der Waals surface area contributed by atoms with Gasteiger partial charge < -0.3 is 15.0 Å². The third-order valence-electron chi connectivity index (χ3n) is 5.82. The SMILES string of the molecule is CNC(=O)[C@H](Cc1ccccc1)N(Cc1ccc(Br)cc1)C(=O)CN(c1ccc(OC)cc1)S(C)(=O)=O. The maximum Gasteiger partial charge on any atom is 0.244 e. The fourth-order valence-corrected chi connectivity index (χ4v) is 4.98. The molecule has 37 heavy (non-hydrogen) atoms. The van der Waals surface area contributed by atoms with E-state index < -0.39 is 28.5 Å². The number of nitrogens with zero attached hydrogens (tertiary/aromatic N) is 2. The van der Waals surface area contributed by atoms with Crippen molar-refractivity contribution < 1.29 is 22.7 Å². The topological polar surface area (TPSA) is 96.0 Å². The van der Waals surface area contributed by atoms with Gasteiger partial charge in [-0.05, 0) is 47.5 Å². The van der Waals surface area contributed by atoms with Crippen LogP contribution < -0.4 is 14.4 Å². The van der Waals surface area contributed by atoms with E-state index in [1.54, 1.807) is 24.3 Å². The Bertz CT molecular complexity index is 1300. The van der Waals surface area contributed by atoms with Crippen molar-refractivity contribution >= 4 is 43.5 Å². The first kappa shape index (κ1) is 28.2. The van der Waals surface area contributed by atoms with Gasteiger partial charge >= 0.3 is 0 Å². The van der Waals surface area contributed by atoms with Crippen LogP contribution in [0.2, 0.25) is 0 Å². The van der Waals surface area contributed by atoms with Gasteiger partial charge in [0.1, 0.15) is 18.3 Å². The number of hydrogen-bond donors (Lipinski definition) is 1. The third-order valence-corrected chi connectivity index (χ3v) is 7.49. The Morgan fingerprint density at radius 1 is 0.946 bits per heavy atom. The summed E-state index contributed by atoms with van der Waals surface area (Å²) in [5.41, 5.74) is 1.99. The van der Waals surface area contributed by atoms with Crippen LogP contribution in [-0.4, -0.2) is 58.1 Å². The number of rotatable bonds is 11. The van der Waals surface area contributed by atoms with E-state index >= 15 is 0 Å². The summed E-state index contributed by atoms with van der Waals surface area (Å²) in [6.07, 6.45) is 1.31. The molecule has 0 aromatic heterocycles. The predicted octanol–water partition coefficient (Wildman–Crippen LogP) is 3.61. The zero-order valence-corrected chi connectivity index (χ0v) is 23.3. The van der Waals surface area contributed by atoms with Crippen molar-refractivity contribution in [1.29, 1.82) is 0 Å². The largest absolute Gasteiger partial charge is 0.497 e. The van der Waals surface area contributed by atoms with Gasteiger partial charge in [0.15, 0.2) is 0 Å². The molecule has 0 aliphatic carbocycles. The van der Waals surface area contributed by atoms with Crippen molar-refractivity contribution in [3.8, 4) is 5.75 Å². The van der Waals surface area contributed by atoms with E-state index in [0.717, 1.165) is 26.2 Å². The van der Waals surface area contributed by atoms with Gasteiger partial charge in [-0.15, -0.1) is 0 Å². The van der Waals surface area contributed by atoms with E-state index in [-0.39, 0.29) is 18.9 Å². The van der Waals surface area contributed by atoms with Gasteiger partial charge in [0, 0.05) is 24.5 Å². The van der Waals surface area contributed by atoms with Crippen LogP contribution in [0.3, 0.4) is 0 Å². The number of carbonyl (C=O) groups is 2. The van der Waals surface area contributed by atoms with Crippen molar-refractivity contribution in [2.24, 2.45) is 0 Å². The lowest BCUT2D eigenvalue weighted by Gasteiger charge is -2.33. The zero-order valence-electron chi connectivity index (χ0n) is 20.9. The summed E-state index contributed by atoms with van der Waals surface area (Å²) in [6.45, 7) is -0.346. The summed E-state index contributed by atoms with van der Waals surface area (Å²) in [4.78, 5) is 28.3. The second-order valence-corrected chi connectivity index (χ2v) is 11.3. The molecule has 0 bridgehead atoms. The van der Waals surface area contributed by atoms with Crippen LogP contribution in [0, 0.1) is 0 Å². The van der Waals surface area contributed by atoms with Crippen molar-refractivity contribution in [3.05, 3.63) is 94.5 Å². The Hall–Kier alpha value is -3.37. The fraction of sp³-hybridized carbons (Fsp3) is 0.259. The van der Waals surface area contributed by atoms with Crippen molar-refractivity contribution in [2.45, 2.75) is 19.0 Å². The van der Waals surface area contributed by atoms with Crippen LogP contribution in [0.15, 0.2) is 83.3 Å². The average molecular weight is 589 g/mol. The van der Waals surface area contributed by atoms with Crippen LogP contribution in [0.25, 0.3) is 0 Å². The second-order valence-electron chi connectivity index (χ2n) is 8.44. The number of sulfonamides is 1. The monoisotopic (exact) mass is 587 g/mol. The molecule has 1 atom stereocenters. The number of nitrogens with one attached hydrogen (secondary N) is 1. The molecular weight excluding hydrogens is 558 g/mol. The van der Waals surface area contributed by atoms with E-state index in [1.165, 1.54) is 19.1 Å². The van der Waals surface area contributed by atoms with Gasteiger partial charge in [-0.25, -0.2) is 8.42 Å². The quantitative estimate of drug-likeness (QED) is 0.370. The standard InChI is InChI=1S/C27H30BrN3O5S/c1-29-27(33)25(17-20-7-5-4-6-8-20)30(18-21-9-11-22(28)12-10-21)26(32)19-31(37(3,34)35)23-13-15-24(36-2)16-14-23/h4-16,25H,17-19H2,1-3H3,(H,29,33)/t25-/m0/s1. The van der Waals surface area contributed by atoms with Crippen LogP contribution >= 0.6 is 15.9 Å². The number of carbonyl (C=O) groups excluding carboxylic acids is 2. The highest BCUT2D eigenvalue weighted by Gasteiger charge is 2.32. The van der Waals surface area contributed by atoms with Gasteiger partial charge in [-0.2, -0.15) is 0 Å². The normalized spacial score (nSPS) is 11.9. The summed E-state index contributed by atoms with van der Waals surface area (Å²) in [7, 11) is -0.788. The molecule has 1 N–H and O–H groups in total. The molecule has 3 rings (SSSR count). The van der Waals surface area contributed by atoms with E-state index in [1.807, 2.05) is 54.6 Å². The number of anilines is 1. The lowest BCUT2D eigenvalue weighted by molar-refractivity contribution is -0.139. The molecule has 0 radical (unpaired) electrons. The summed E-state index contributed by atoms with van der Waals surface area (Å²) in [6, 6.07) is 22.3. The molecule has 0 aliphatic rings. The molecule has 2 amide bonds. The minimum absolute atomic E-state index is 0.122. The van der Waals surface area contributed by atoms with Crippen LogP contribution in [0.4, 0.5) is 5.69 Å². The molecule has 0 saturated carbocycles. The molecular formula is C27H30BrN3O5S. The molecule has 0 unspecified atom stereocenters. The first-order chi connectivity index (χ1) is 17.6. The highest BCUT2D eigenvalue weighted by atomic mass is 79.9. The molecule has 0 heterocycles. The molecule has 196 valence electrons. The molecule has 0 fully saturated rings. The average Bonchev–Trinajstić information content (AvgIpc) is 2.89. The molecule has 0 spiro atoms. The number of hydrogen-bond acceptors (Lipinski definition) is 5. The lowest BCUT2D eigenvalue weighted by Crippen LogP contribution is -2.52. The van der Waals surface area contributed by atoms with Gasteiger partial charge in [-0.3, -0.25) is 13.9 Å². The predicted molar refractivity (Wildman–Crippen MR) is 148 cm³/mol. The minimum atomic E-state index is -3.82. The van der Waals surface area contributed by atoms with Gasteiger partial charge in [0.05, 0.1) is 19.1 Å². The molecule has 8 nitrogen and oxygen atoms in total. The van der Waals surface area contributed by atoms with Crippen LogP contribution in [0.1, 0.15) is 11.1 Å². The van der Waals surface area contributed by atoms with E-state index in [4.69, 9.17) is 4.74 Å². The summed E-state index contributed by atoms with van der Waals surface area (Å²) >= 11 is 3.41. The summed E-state index contributed by atoms with van der Waals surface area (Å²) < 4.78 is 32.5. The molecule has 0 aliphatic heterocycles. The number of halogens is 1. The Morgan fingerprint density at radius 2 is 1.57 bits per heavy atom. The Kier molecular flexibility index (Phi) is 9.71. The third kappa shape index (κ3) is 7.80. The van der Waals surface area contributed by atoms with E-state index in [9.17, 15) is 18.0 Å². The first-order valence-corrected chi connectivity index (χ1v) is 14.2. The molecule has 10 heteroatoms. The second kappa shape index (κ2) is 12.7. The van der Waals surface area contributed by atoms with Crippen LogP contribution in [0.5, 0.6) is 5.75 Å². The number of methoxy groups -OCH3 is 1. The number of likely N-dealkylation sites (N-methyl/N-ethyl adjacent to an activating group) is 1. The maximum atomic E-state index is 13.8. The van der Waals surface area contributed by atoms with Gasteiger partial charge in [0.2, 0.25) is 21.8 Å². The summed E-state index contributed by atoms with van der Waals surface area (Å²) in [5.74, 6) is -0.290.